The fourth-order valence-electron chi connectivity index (χ4n) is 3.58. The van der Waals surface area contributed by atoms with Gasteiger partial charge < -0.3 is 5.32 Å². The second-order valence-corrected chi connectivity index (χ2v) is 10.2. The molecule has 0 atom stereocenters. The van der Waals surface area contributed by atoms with Gasteiger partial charge in [-0.1, -0.05) is 97.9 Å². The number of carbonyl (C=O) groups excluding carboxylic acids is 1. The number of carbonyl (C=O) groups is 1. The smallest absolute Gasteiger partial charge is 0.273 e. The molecule has 4 rings (SSSR count). The molecule has 0 saturated carbocycles. The van der Waals surface area contributed by atoms with Crippen LogP contribution in [0.4, 0.5) is 5.82 Å². The average Bonchev–Trinajstić information content (AvgIpc) is 2.87. The maximum atomic E-state index is 12.9. The molecule has 0 radical (unpaired) electrons. The van der Waals surface area contributed by atoms with E-state index in [-0.39, 0.29) is 11.6 Å². The Kier molecular flexibility index (Phi) is 6.88. The highest BCUT2D eigenvalue weighted by molar-refractivity contribution is 7.87. The molecule has 160 valence electrons. The van der Waals surface area contributed by atoms with Crippen LogP contribution < -0.4 is 21.2 Å². The topological polar surface area (TPSA) is 67.2 Å². The van der Waals surface area contributed by atoms with Gasteiger partial charge in [-0.3, -0.25) is 4.79 Å². The number of nitrogens with one attached hydrogen (secondary N) is 1. The predicted octanol–water partition coefficient (Wildman–Crippen LogP) is 4.43. The van der Waals surface area contributed by atoms with Gasteiger partial charge in [-0.25, -0.2) is 14.7 Å². The van der Waals surface area contributed by atoms with Crippen molar-refractivity contribution in [3.8, 4) is 0 Å². The van der Waals surface area contributed by atoms with E-state index in [2.05, 4.69) is 51.7 Å². The number of rotatable bonds is 7. The van der Waals surface area contributed by atoms with Gasteiger partial charge in [0.05, 0.1) is 7.05 Å². The van der Waals surface area contributed by atoms with Crippen molar-refractivity contribution in [1.82, 2.24) is 15.3 Å². The van der Waals surface area contributed by atoms with Crippen LogP contribution in [0, 0.1) is 0 Å². The first-order valence-electron chi connectivity index (χ1n) is 10.6. The molecule has 32 heavy (non-hydrogen) atoms. The SMILES string of the molecule is CCCNC(=O)c1nccnc1N=P(c1ccccc1)(c1ccccc1)c1ccccc1. The molecular formula is C26H25N4OP. The predicted molar refractivity (Wildman–Crippen MR) is 132 cm³/mol. The van der Waals surface area contributed by atoms with Gasteiger partial charge in [0.15, 0.2) is 11.5 Å². The van der Waals surface area contributed by atoms with Crippen LogP contribution in [0.5, 0.6) is 0 Å². The van der Waals surface area contributed by atoms with Gasteiger partial charge in [-0.15, -0.1) is 0 Å². The van der Waals surface area contributed by atoms with E-state index in [1.165, 1.54) is 6.20 Å². The highest BCUT2D eigenvalue weighted by Crippen LogP contribution is 2.49. The maximum absolute atomic E-state index is 12.9. The molecule has 0 unspecified atom stereocenters. The standard InChI is InChI=1S/C26H25N4OP/c1-2-18-29-26(31)24-25(28-20-19-27-24)30-32(21-12-6-3-7-13-21,22-14-8-4-9-15-22)23-16-10-5-11-17-23/h3-17,19-20H,2,18H2,1H3,(H,29,31). The highest BCUT2D eigenvalue weighted by Gasteiger charge is 2.29. The molecular weight excluding hydrogens is 415 g/mol. The van der Waals surface area contributed by atoms with Crippen LogP contribution in [0.2, 0.25) is 0 Å². The molecule has 0 aliphatic carbocycles. The zero-order valence-electron chi connectivity index (χ0n) is 17.9. The summed E-state index contributed by atoms with van der Waals surface area (Å²) < 4.78 is 5.31. The number of hydrogen-bond acceptors (Lipinski definition) is 4. The Morgan fingerprint density at radius 1 is 0.781 bits per heavy atom. The van der Waals surface area contributed by atoms with E-state index >= 15 is 0 Å². The lowest BCUT2D eigenvalue weighted by Gasteiger charge is -2.26. The summed E-state index contributed by atoms with van der Waals surface area (Å²) in [6, 6.07) is 30.8. The number of benzene rings is 3. The lowest BCUT2D eigenvalue weighted by molar-refractivity contribution is 0.0949. The van der Waals surface area contributed by atoms with Crippen molar-refractivity contribution in [2.24, 2.45) is 4.74 Å². The van der Waals surface area contributed by atoms with Crippen LogP contribution in [-0.2, 0) is 0 Å². The second kappa shape index (κ2) is 10.2. The van der Waals surface area contributed by atoms with Gasteiger partial charge in [-0.2, -0.15) is 0 Å². The van der Waals surface area contributed by atoms with Crippen molar-refractivity contribution < 1.29 is 4.79 Å². The quantitative estimate of drug-likeness (QED) is 0.433. The van der Waals surface area contributed by atoms with E-state index in [4.69, 9.17) is 4.74 Å². The van der Waals surface area contributed by atoms with E-state index in [9.17, 15) is 4.79 Å². The summed E-state index contributed by atoms with van der Waals surface area (Å²) in [5, 5.41) is 6.16. The normalized spacial score (nSPS) is 11.0. The molecule has 3 aromatic carbocycles. The molecule has 6 heteroatoms. The van der Waals surface area contributed by atoms with Crippen molar-refractivity contribution in [3.05, 3.63) is 109 Å². The molecule has 0 spiro atoms. The first kappa shape index (κ1) is 21.7. The van der Waals surface area contributed by atoms with Gasteiger partial charge in [0.2, 0.25) is 0 Å². The monoisotopic (exact) mass is 440 g/mol. The molecule has 4 aromatic rings. The lowest BCUT2D eigenvalue weighted by Crippen LogP contribution is -2.27. The number of nitrogens with zero attached hydrogens (tertiary/aromatic N) is 3. The second-order valence-electron chi connectivity index (χ2n) is 7.23. The van der Waals surface area contributed by atoms with Gasteiger partial charge in [-0.05, 0) is 6.42 Å². The number of aromatic nitrogens is 2. The first-order valence-corrected chi connectivity index (χ1v) is 12.4. The van der Waals surface area contributed by atoms with E-state index in [1.54, 1.807) is 6.20 Å². The van der Waals surface area contributed by atoms with Crippen LogP contribution in [0.1, 0.15) is 23.8 Å². The van der Waals surface area contributed by atoms with Crippen molar-refractivity contribution >= 4 is 34.7 Å². The summed E-state index contributed by atoms with van der Waals surface area (Å²) in [5.74, 6) is 0.0944. The Morgan fingerprint density at radius 2 is 1.25 bits per heavy atom. The summed E-state index contributed by atoms with van der Waals surface area (Å²) in [6.07, 6.45) is 3.96. The Hall–Kier alpha value is -3.56. The summed E-state index contributed by atoms with van der Waals surface area (Å²) in [4.78, 5) is 21.7. The average molecular weight is 440 g/mol. The zero-order chi connectivity index (χ0) is 22.2. The Bertz CT molecular complexity index is 1130. The fraction of sp³-hybridized carbons (Fsp3) is 0.115. The number of amides is 1. The lowest BCUT2D eigenvalue weighted by atomic mass is 10.3. The Labute approximate surface area is 188 Å². The van der Waals surface area contributed by atoms with Crippen LogP contribution in [0.15, 0.2) is 108 Å². The van der Waals surface area contributed by atoms with Crippen LogP contribution >= 0.6 is 7.05 Å². The third kappa shape index (κ3) is 4.39. The molecule has 1 heterocycles. The molecule has 1 amide bonds. The minimum Gasteiger partial charge on any atom is -0.351 e. The molecule has 5 nitrogen and oxygen atoms in total. The minimum absolute atomic E-state index is 0.244. The van der Waals surface area contributed by atoms with Gasteiger partial charge >= 0.3 is 0 Å². The fourth-order valence-corrected chi connectivity index (χ4v) is 7.06. The van der Waals surface area contributed by atoms with Gasteiger partial charge in [0.1, 0.15) is 0 Å². The van der Waals surface area contributed by atoms with Crippen LogP contribution in [0.3, 0.4) is 0 Å². The molecule has 1 aromatic heterocycles. The van der Waals surface area contributed by atoms with E-state index in [0.29, 0.717) is 12.4 Å². The summed E-state index contributed by atoms with van der Waals surface area (Å²) in [5.41, 5.74) is 0.244. The third-order valence-electron chi connectivity index (χ3n) is 5.06. The van der Waals surface area contributed by atoms with E-state index in [1.807, 2.05) is 61.5 Å². The molecule has 1 N–H and O–H groups in total. The third-order valence-corrected chi connectivity index (χ3v) is 8.69. The minimum atomic E-state index is -2.53. The zero-order valence-corrected chi connectivity index (χ0v) is 18.8. The maximum Gasteiger partial charge on any atom is 0.273 e. The van der Waals surface area contributed by atoms with Gasteiger partial charge in [0, 0.05) is 34.9 Å². The molecule has 0 aliphatic heterocycles. The summed E-state index contributed by atoms with van der Waals surface area (Å²) >= 11 is 0. The van der Waals surface area contributed by atoms with Crippen molar-refractivity contribution in [1.29, 1.82) is 0 Å². The van der Waals surface area contributed by atoms with Crippen molar-refractivity contribution in [2.75, 3.05) is 6.54 Å². The highest BCUT2D eigenvalue weighted by atomic mass is 31.2. The Balaban J connectivity index is 2.06. The van der Waals surface area contributed by atoms with E-state index < -0.39 is 7.05 Å². The largest absolute Gasteiger partial charge is 0.351 e. The van der Waals surface area contributed by atoms with E-state index in [0.717, 1.165) is 22.3 Å². The molecule has 0 saturated heterocycles. The summed E-state index contributed by atoms with van der Waals surface area (Å²) in [6.45, 7) is 2.59. The van der Waals surface area contributed by atoms with Crippen LogP contribution in [0.25, 0.3) is 0 Å². The van der Waals surface area contributed by atoms with Gasteiger partial charge in [0.25, 0.3) is 5.91 Å². The summed E-state index contributed by atoms with van der Waals surface area (Å²) in [7, 11) is -2.53. The molecule has 0 aliphatic rings. The number of hydrogen-bond donors (Lipinski definition) is 1. The molecule has 0 fully saturated rings. The van der Waals surface area contributed by atoms with Crippen LogP contribution in [-0.4, -0.2) is 22.4 Å². The Morgan fingerprint density at radius 3 is 1.72 bits per heavy atom. The molecule has 0 bridgehead atoms. The van der Waals surface area contributed by atoms with Crippen molar-refractivity contribution in [2.45, 2.75) is 13.3 Å². The van der Waals surface area contributed by atoms with Crippen molar-refractivity contribution in [3.63, 3.8) is 0 Å². The first-order chi connectivity index (χ1) is 15.8.